The fraction of sp³-hybridized carbons (Fsp3) is 1.00. The zero-order valence-corrected chi connectivity index (χ0v) is 46.0. The second-order valence-corrected chi connectivity index (χ2v) is 48.3. The summed E-state index contributed by atoms with van der Waals surface area (Å²) in [4.78, 5) is 0.779. The molecule has 0 amide bonds. The summed E-state index contributed by atoms with van der Waals surface area (Å²) in [6.07, 6.45) is 9.78. The summed E-state index contributed by atoms with van der Waals surface area (Å²) in [7, 11) is 12.0. The van der Waals surface area contributed by atoms with Crippen LogP contribution in [0, 0.1) is 0 Å². The minimum atomic E-state index is -2.48. The van der Waals surface area contributed by atoms with Crippen molar-refractivity contribution in [1.29, 1.82) is 0 Å². The third kappa shape index (κ3) is 28.4. The Bertz CT molecular complexity index is 770. The first kappa shape index (κ1) is 53.3. The lowest BCUT2D eigenvalue weighted by Crippen LogP contribution is -2.60. The lowest BCUT2D eigenvalue weighted by atomic mass is 10.1. The molecular formula is C23H56O4S16Si4. The molecule has 3 atom stereocenters. The summed E-state index contributed by atoms with van der Waals surface area (Å²) in [6, 6.07) is 0. The van der Waals surface area contributed by atoms with E-state index >= 15 is 0 Å². The van der Waals surface area contributed by atoms with E-state index in [0.717, 1.165) is 30.1 Å². The fourth-order valence-corrected chi connectivity index (χ4v) is 51.2. The van der Waals surface area contributed by atoms with E-state index in [0.29, 0.717) is 21.6 Å². The SMILES string of the molecule is C[Si](C)(O[Si](C)(C)O[Si](C)(C)C(CSSSSC(CCCCCCCCCO)CSS)SSSS)O[Si](C)(C)C(CSSS)SSS. The van der Waals surface area contributed by atoms with Gasteiger partial charge in [0.1, 0.15) is 0 Å². The maximum Gasteiger partial charge on any atom is 0.312 e. The van der Waals surface area contributed by atoms with Gasteiger partial charge in [0.2, 0.25) is 0 Å². The zero-order chi connectivity index (χ0) is 35.8. The van der Waals surface area contributed by atoms with Crippen molar-refractivity contribution in [3.8, 4) is 0 Å². The molecule has 0 saturated heterocycles. The highest BCUT2D eigenvalue weighted by Gasteiger charge is 2.47. The fourth-order valence-electron chi connectivity index (χ4n) is 4.72. The molecule has 0 aromatic carbocycles. The normalized spacial score (nSPS) is 15.3. The minimum Gasteiger partial charge on any atom is -0.436 e. The van der Waals surface area contributed by atoms with Gasteiger partial charge in [-0.05, 0) is 124 Å². The average Bonchev–Trinajstić information content (AvgIpc) is 2.95. The molecule has 0 aliphatic rings. The van der Waals surface area contributed by atoms with Gasteiger partial charge in [-0.25, -0.2) is 0 Å². The van der Waals surface area contributed by atoms with E-state index in [-0.39, 0.29) is 0 Å². The molecule has 0 radical (unpaired) electrons. The molecule has 0 fully saturated rings. The Hall–Kier alpha value is 6.31. The molecule has 1 N–H and O–H groups in total. The smallest absolute Gasteiger partial charge is 0.312 e. The summed E-state index contributed by atoms with van der Waals surface area (Å²) in [6.45, 7) is 18.4. The molecule has 4 nitrogen and oxygen atoms in total. The van der Waals surface area contributed by atoms with E-state index in [1.165, 1.54) is 68.0 Å². The molecule has 24 heteroatoms. The molecule has 3 unspecified atom stereocenters. The number of hydrogen-bond acceptors (Lipinski definition) is 20. The molecule has 47 heavy (non-hydrogen) atoms. The predicted molar refractivity (Wildman–Crippen MR) is 270 cm³/mol. The number of hydrogen-bond donors (Lipinski definition) is 5. The number of rotatable bonds is 33. The minimum absolute atomic E-state index is 0.326. The molecule has 0 spiro atoms. The first-order valence-corrected chi connectivity index (χ1v) is 45.1. The Morgan fingerprint density at radius 1 is 0.532 bits per heavy atom. The van der Waals surface area contributed by atoms with Gasteiger partial charge in [0.25, 0.3) is 0 Å². The first-order valence-electron chi connectivity index (χ1n) is 15.2. The summed E-state index contributed by atoms with van der Waals surface area (Å²) >= 11 is 17.6. The van der Waals surface area contributed by atoms with Crippen molar-refractivity contribution in [3.63, 3.8) is 0 Å². The first-order chi connectivity index (χ1) is 22.1. The van der Waals surface area contributed by atoms with E-state index in [1.807, 2.05) is 52.0 Å². The quantitative estimate of drug-likeness (QED) is 0.0188. The van der Waals surface area contributed by atoms with Gasteiger partial charge >= 0.3 is 17.1 Å². The zero-order valence-electron chi connectivity index (χ0n) is 28.6. The van der Waals surface area contributed by atoms with Gasteiger partial charge in [-0.1, -0.05) is 138 Å². The van der Waals surface area contributed by atoms with E-state index in [4.69, 9.17) is 17.5 Å². The number of aliphatic hydroxyl groups excluding tert-OH is 1. The summed E-state index contributed by atoms with van der Waals surface area (Å²) in [5.41, 5.74) is 0. The topological polar surface area (TPSA) is 47.9 Å². The second-order valence-electron chi connectivity index (χ2n) is 12.5. The predicted octanol–water partition coefficient (Wildman–Crippen LogP) is 14.7. The summed E-state index contributed by atoms with van der Waals surface area (Å²) in [5.74, 6) is 3.07. The van der Waals surface area contributed by atoms with E-state index in [2.05, 4.69) is 99.0 Å². The van der Waals surface area contributed by atoms with Crippen LogP contribution in [0.25, 0.3) is 0 Å². The number of thiol groups is 4. The second kappa shape index (κ2) is 31.3. The highest BCUT2D eigenvalue weighted by atomic mass is 33.7. The molecule has 0 heterocycles. The Morgan fingerprint density at radius 3 is 1.57 bits per heavy atom. The van der Waals surface area contributed by atoms with Crippen LogP contribution in [0.2, 0.25) is 52.4 Å². The monoisotopic (exact) mass is 1020 g/mol. The third-order valence-corrected chi connectivity index (χ3v) is 45.4. The molecule has 0 saturated carbocycles. The van der Waals surface area contributed by atoms with Gasteiger partial charge < -0.3 is 17.5 Å². The summed E-state index contributed by atoms with van der Waals surface area (Å²) in [5, 5.41) is 9.55. The summed E-state index contributed by atoms with van der Waals surface area (Å²) < 4.78 is 21.0. The lowest BCUT2D eigenvalue weighted by molar-refractivity contribution is 0.282. The largest absolute Gasteiger partial charge is 0.436 e. The number of aliphatic hydroxyl groups is 1. The standard InChI is InChI=1S/C23H56O4S16Si4/c1-44(2,22(36-39-30)19-33-38-29)25-46(5,6)27-47(7,8)26-45(3,4)23(37-42-40-31)20-34-41-43-35-21(18-32-28)16-14-12-10-9-11-13-15-17-24/h21-24,28-31H,9-20H2,1-8H3. The maximum atomic E-state index is 8.93. The van der Waals surface area contributed by atoms with Crippen LogP contribution in [0.3, 0.4) is 0 Å². The van der Waals surface area contributed by atoms with Crippen LogP contribution < -0.4 is 0 Å². The lowest BCUT2D eigenvalue weighted by Gasteiger charge is -2.43. The Balaban J connectivity index is 5.02. The number of unbranched alkanes of at least 4 members (excludes halogenated alkanes) is 6. The molecule has 0 bridgehead atoms. The van der Waals surface area contributed by atoms with Gasteiger partial charge in [-0.15, -0.1) is 11.7 Å². The van der Waals surface area contributed by atoms with E-state index in [1.54, 1.807) is 42.2 Å². The van der Waals surface area contributed by atoms with Crippen molar-refractivity contribution in [3.05, 3.63) is 0 Å². The Morgan fingerprint density at radius 2 is 1.06 bits per heavy atom. The Labute approximate surface area is 359 Å². The van der Waals surface area contributed by atoms with Crippen LogP contribution in [-0.2, 0) is 12.3 Å². The van der Waals surface area contributed by atoms with Gasteiger partial charge in [-0.3, -0.25) is 0 Å². The highest BCUT2D eigenvalue weighted by molar-refractivity contribution is 9.26. The van der Waals surface area contributed by atoms with Crippen molar-refractivity contribution in [2.45, 2.75) is 119 Å². The van der Waals surface area contributed by atoms with E-state index in [9.17, 15) is 0 Å². The van der Waals surface area contributed by atoms with Crippen LogP contribution >= 0.6 is 170 Å². The molecule has 284 valence electrons. The maximum absolute atomic E-state index is 8.93. The van der Waals surface area contributed by atoms with Crippen molar-refractivity contribution in [1.82, 2.24) is 0 Å². The van der Waals surface area contributed by atoms with Crippen LogP contribution in [0.15, 0.2) is 0 Å². The van der Waals surface area contributed by atoms with Crippen molar-refractivity contribution < 1.29 is 17.5 Å². The van der Waals surface area contributed by atoms with Crippen molar-refractivity contribution >= 4 is 204 Å². The van der Waals surface area contributed by atoms with Crippen molar-refractivity contribution in [2.24, 2.45) is 0 Å². The molecular weight excluding hydrogens is 966 g/mol. The Kier molecular flexibility index (Phi) is 35.5. The van der Waals surface area contributed by atoms with Crippen molar-refractivity contribution in [2.75, 3.05) is 23.9 Å². The van der Waals surface area contributed by atoms with Gasteiger partial charge in [0, 0.05) is 38.9 Å². The van der Waals surface area contributed by atoms with Crippen LogP contribution in [0.4, 0.5) is 0 Å². The molecule has 0 aliphatic heterocycles. The van der Waals surface area contributed by atoms with Crippen LogP contribution in [0.1, 0.15) is 51.4 Å². The highest BCUT2D eigenvalue weighted by Crippen LogP contribution is 2.50. The average molecular weight is 1020 g/mol. The third-order valence-electron chi connectivity index (χ3n) is 6.59. The van der Waals surface area contributed by atoms with Gasteiger partial charge in [-0.2, -0.15) is 0 Å². The molecule has 0 aliphatic carbocycles. The van der Waals surface area contributed by atoms with Gasteiger partial charge in [0.15, 0.2) is 16.6 Å². The molecule has 0 aromatic rings. The van der Waals surface area contributed by atoms with Crippen LogP contribution in [-0.4, -0.2) is 77.7 Å². The molecule has 0 rings (SSSR count). The van der Waals surface area contributed by atoms with Crippen LogP contribution in [0.5, 0.6) is 0 Å². The van der Waals surface area contributed by atoms with Gasteiger partial charge in [0.05, 0.1) is 0 Å². The van der Waals surface area contributed by atoms with E-state index < -0.39 is 33.8 Å². The molecule has 0 aromatic heterocycles.